The molecule has 1 aromatic carbocycles. The molecule has 1 N–H and O–H groups in total. The standard InChI is InChI=1S/C28H36ClN5/c1-20-28(23-13-22(29)6-7-24(23)32-20)8-11-33(12-9-28)10-4-5-21-14-30-25(31-15-21)34-18-27(19-34)16-26(2,3)17-27/h6-7,13-15,32H,1,4-5,8-12,16-19H2,2-3H3. The predicted octanol–water partition coefficient (Wildman–Crippen LogP) is 5.66. The fourth-order valence-electron chi connectivity index (χ4n) is 7.45. The number of nitrogens with zero attached hydrogens (tertiary/aromatic N) is 4. The highest BCUT2D eigenvalue weighted by Crippen LogP contribution is 2.58. The first-order valence-electron chi connectivity index (χ1n) is 12.8. The van der Waals surface area contributed by atoms with Gasteiger partial charge >= 0.3 is 0 Å². The van der Waals surface area contributed by atoms with E-state index in [1.807, 2.05) is 18.5 Å². The van der Waals surface area contributed by atoms with Crippen molar-refractivity contribution >= 4 is 23.2 Å². The van der Waals surface area contributed by atoms with Gasteiger partial charge in [0.25, 0.3) is 0 Å². The Balaban J connectivity index is 0.971. The largest absolute Gasteiger partial charge is 0.358 e. The lowest BCUT2D eigenvalue weighted by Gasteiger charge is -2.62. The van der Waals surface area contributed by atoms with E-state index in [0.29, 0.717) is 10.8 Å². The molecule has 1 saturated carbocycles. The SMILES string of the molecule is C=C1Nc2ccc(Cl)cc2C12CCN(CCCc1cnc(N3CC4(C3)CC(C)(C)C4)nc1)CC2. The molecule has 0 amide bonds. The monoisotopic (exact) mass is 477 g/mol. The molecule has 1 aromatic heterocycles. The molecule has 180 valence electrons. The van der Waals surface area contributed by atoms with Crippen LogP contribution in [-0.2, 0) is 11.8 Å². The van der Waals surface area contributed by atoms with E-state index < -0.39 is 0 Å². The molecular weight excluding hydrogens is 442 g/mol. The number of fused-ring (bicyclic) bond motifs is 2. The Hall–Kier alpha value is -2.11. The quantitative estimate of drug-likeness (QED) is 0.601. The number of hydrogen-bond donors (Lipinski definition) is 1. The van der Waals surface area contributed by atoms with Crippen LogP contribution >= 0.6 is 11.6 Å². The highest BCUT2D eigenvalue weighted by Gasteiger charge is 2.56. The highest BCUT2D eigenvalue weighted by atomic mass is 35.5. The van der Waals surface area contributed by atoms with Crippen LogP contribution in [0, 0.1) is 10.8 Å². The highest BCUT2D eigenvalue weighted by molar-refractivity contribution is 6.30. The van der Waals surface area contributed by atoms with Crippen LogP contribution in [0.15, 0.2) is 42.9 Å². The lowest BCUT2D eigenvalue weighted by molar-refractivity contribution is -0.0365. The topological polar surface area (TPSA) is 44.3 Å². The fraction of sp³-hybridized carbons (Fsp3) is 0.571. The minimum atomic E-state index is 0.0328. The Morgan fingerprint density at radius 3 is 2.47 bits per heavy atom. The van der Waals surface area contributed by atoms with Crippen molar-refractivity contribution in [1.82, 2.24) is 14.9 Å². The van der Waals surface area contributed by atoms with Crippen LogP contribution in [0.5, 0.6) is 0 Å². The van der Waals surface area contributed by atoms with Gasteiger partial charge in [0.15, 0.2) is 0 Å². The Labute approximate surface area is 208 Å². The Kier molecular flexibility index (Phi) is 5.23. The summed E-state index contributed by atoms with van der Waals surface area (Å²) in [6, 6.07) is 6.18. The zero-order chi connectivity index (χ0) is 23.6. The third kappa shape index (κ3) is 3.81. The summed E-state index contributed by atoms with van der Waals surface area (Å²) < 4.78 is 0. The second-order valence-electron chi connectivity index (χ2n) is 12.1. The minimum absolute atomic E-state index is 0.0328. The van der Waals surface area contributed by atoms with Gasteiger partial charge in [-0.25, -0.2) is 9.97 Å². The minimum Gasteiger partial charge on any atom is -0.358 e. The van der Waals surface area contributed by atoms with Gasteiger partial charge in [-0.1, -0.05) is 32.0 Å². The number of allylic oxidation sites excluding steroid dienone is 1. The fourth-order valence-corrected chi connectivity index (χ4v) is 7.62. The number of nitrogens with one attached hydrogen (secondary N) is 1. The van der Waals surface area contributed by atoms with E-state index in [1.165, 1.54) is 29.7 Å². The second kappa shape index (κ2) is 7.96. The van der Waals surface area contributed by atoms with Crippen molar-refractivity contribution in [3.63, 3.8) is 0 Å². The normalized spacial score (nSPS) is 24.0. The molecule has 3 aliphatic heterocycles. The molecule has 3 fully saturated rings. The van der Waals surface area contributed by atoms with Crippen molar-refractivity contribution in [2.75, 3.05) is 42.9 Å². The summed E-state index contributed by atoms with van der Waals surface area (Å²) in [7, 11) is 0. The third-order valence-corrected chi connectivity index (χ3v) is 8.98. The van der Waals surface area contributed by atoms with E-state index in [-0.39, 0.29) is 5.41 Å². The van der Waals surface area contributed by atoms with Crippen LogP contribution < -0.4 is 10.2 Å². The number of rotatable bonds is 5. The zero-order valence-electron chi connectivity index (χ0n) is 20.5. The van der Waals surface area contributed by atoms with Gasteiger partial charge in [0, 0.05) is 52.7 Å². The molecule has 2 spiro atoms. The maximum absolute atomic E-state index is 6.32. The first-order valence-corrected chi connectivity index (χ1v) is 13.2. The number of aryl methyl sites for hydroxylation is 1. The molecule has 0 unspecified atom stereocenters. The van der Waals surface area contributed by atoms with E-state index in [0.717, 1.165) is 75.1 Å². The number of anilines is 2. The molecule has 0 atom stereocenters. The van der Waals surface area contributed by atoms with E-state index in [9.17, 15) is 0 Å². The predicted molar refractivity (Wildman–Crippen MR) is 140 cm³/mol. The summed E-state index contributed by atoms with van der Waals surface area (Å²) in [5.74, 6) is 0.909. The molecule has 0 radical (unpaired) electrons. The van der Waals surface area contributed by atoms with Crippen LogP contribution in [-0.4, -0.2) is 47.6 Å². The summed E-state index contributed by atoms with van der Waals surface area (Å²) in [5, 5.41) is 4.32. The van der Waals surface area contributed by atoms with Gasteiger partial charge in [0.2, 0.25) is 5.95 Å². The van der Waals surface area contributed by atoms with Crippen molar-refractivity contribution in [2.24, 2.45) is 10.8 Å². The number of piperidine rings is 1. The van der Waals surface area contributed by atoms with E-state index in [1.54, 1.807) is 0 Å². The van der Waals surface area contributed by atoms with Crippen molar-refractivity contribution in [3.05, 3.63) is 59.0 Å². The summed E-state index contributed by atoms with van der Waals surface area (Å²) in [5.41, 5.74) is 6.00. The van der Waals surface area contributed by atoms with Gasteiger partial charge in [-0.05, 0) is 92.9 Å². The molecule has 2 saturated heterocycles. The number of likely N-dealkylation sites (tertiary alicyclic amines) is 1. The number of halogens is 1. The average molecular weight is 478 g/mol. The Bertz CT molecular complexity index is 1080. The first kappa shape index (κ1) is 22.4. The van der Waals surface area contributed by atoms with Crippen LogP contribution in [0.2, 0.25) is 5.02 Å². The van der Waals surface area contributed by atoms with Crippen LogP contribution in [0.25, 0.3) is 0 Å². The van der Waals surface area contributed by atoms with Gasteiger partial charge in [0.1, 0.15) is 0 Å². The second-order valence-corrected chi connectivity index (χ2v) is 12.5. The molecule has 4 heterocycles. The van der Waals surface area contributed by atoms with Crippen LogP contribution in [0.3, 0.4) is 0 Å². The maximum Gasteiger partial charge on any atom is 0.225 e. The van der Waals surface area contributed by atoms with Crippen molar-refractivity contribution < 1.29 is 0 Å². The van der Waals surface area contributed by atoms with Crippen LogP contribution in [0.1, 0.15) is 57.1 Å². The molecule has 6 rings (SSSR count). The van der Waals surface area contributed by atoms with E-state index >= 15 is 0 Å². The van der Waals surface area contributed by atoms with Crippen molar-refractivity contribution in [2.45, 2.75) is 57.8 Å². The molecule has 5 nitrogen and oxygen atoms in total. The number of benzene rings is 1. The van der Waals surface area contributed by atoms with Crippen molar-refractivity contribution in [3.8, 4) is 0 Å². The molecule has 2 aromatic rings. The third-order valence-electron chi connectivity index (χ3n) is 8.74. The zero-order valence-corrected chi connectivity index (χ0v) is 21.3. The average Bonchev–Trinajstić information content (AvgIpc) is 3.03. The van der Waals surface area contributed by atoms with E-state index in [2.05, 4.69) is 57.6 Å². The summed E-state index contributed by atoms with van der Waals surface area (Å²) in [4.78, 5) is 14.3. The number of aromatic nitrogens is 2. The summed E-state index contributed by atoms with van der Waals surface area (Å²) >= 11 is 6.32. The van der Waals surface area contributed by atoms with Gasteiger partial charge in [-0.2, -0.15) is 0 Å². The molecule has 0 bridgehead atoms. The number of hydrogen-bond acceptors (Lipinski definition) is 5. The molecule has 4 aliphatic rings. The van der Waals surface area contributed by atoms with Gasteiger partial charge in [-0.15, -0.1) is 0 Å². The van der Waals surface area contributed by atoms with Gasteiger partial charge in [-0.3, -0.25) is 0 Å². The van der Waals surface area contributed by atoms with Crippen molar-refractivity contribution in [1.29, 1.82) is 0 Å². The van der Waals surface area contributed by atoms with Gasteiger partial charge < -0.3 is 15.1 Å². The first-order chi connectivity index (χ1) is 16.3. The molecular formula is C28H36ClN5. The summed E-state index contributed by atoms with van der Waals surface area (Å²) in [6.07, 6.45) is 11.1. The van der Waals surface area contributed by atoms with Crippen LogP contribution in [0.4, 0.5) is 11.6 Å². The molecule has 6 heteroatoms. The maximum atomic E-state index is 6.32. The lowest BCUT2D eigenvalue weighted by Crippen LogP contribution is -2.64. The van der Waals surface area contributed by atoms with E-state index in [4.69, 9.17) is 11.6 Å². The Morgan fingerprint density at radius 1 is 1.09 bits per heavy atom. The smallest absolute Gasteiger partial charge is 0.225 e. The molecule has 34 heavy (non-hydrogen) atoms. The summed E-state index contributed by atoms with van der Waals surface area (Å²) in [6.45, 7) is 14.7. The lowest BCUT2D eigenvalue weighted by atomic mass is 9.51. The molecule has 1 aliphatic carbocycles. The Morgan fingerprint density at radius 2 is 1.79 bits per heavy atom. The van der Waals surface area contributed by atoms with Gasteiger partial charge in [0.05, 0.1) is 0 Å².